The number of hydrogen-bond acceptors (Lipinski definition) is 6. The molecule has 0 aliphatic carbocycles. The molecular weight excluding hydrogens is 438 g/mol. The fraction of sp³-hybridized carbons (Fsp3) is 0.455. The van der Waals surface area contributed by atoms with Crippen LogP contribution < -0.4 is 5.32 Å². The number of rotatable bonds is 8. The van der Waals surface area contributed by atoms with Crippen molar-refractivity contribution in [3.05, 3.63) is 40.2 Å². The van der Waals surface area contributed by atoms with Gasteiger partial charge in [-0.25, -0.2) is 13.8 Å². The zero-order chi connectivity index (χ0) is 23.1. The molecule has 0 spiro atoms. The van der Waals surface area contributed by atoms with E-state index in [1.54, 1.807) is 19.1 Å². The first-order chi connectivity index (χ1) is 15.4. The van der Waals surface area contributed by atoms with Crippen LogP contribution in [-0.2, 0) is 20.9 Å². The van der Waals surface area contributed by atoms with Gasteiger partial charge in [0, 0.05) is 23.5 Å². The first kappa shape index (κ1) is 23.8. The molecule has 2 amide bonds. The van der Waals surface area contributed by atoms with Gasteiger partial charge in [0.15, 0.2) is 0 Å². The highest BCUT2D eigenvalue weighted by Gasteiger charge is 2.35. The van der Waals surface area contributed by atoms with E-state index in [0.717, 1.165) is 16.3 Å². The largest absolute Gasteiger partial charge is 0.366 e. The Bertz CT molecular complexity index is 974. The Hall–Kier alpha value is -2.90. The molecule has 3 rings (SSSR count). The molecule has 1 aliphatic heterocycles. The van der Waals surface area contributed by atoms with Crippen molar-refractivity contribution in [2.24, 2.45) is 5.92 Å². The number of piperidine rings is 1. The second kappa shape index (κ2) is 11.1. The first-order valence-electron chi connectivity index (χ1n) is 10.3. The average molecular weight is 463 g/mol. The first-order valence-corrected chi connectivity index (χ1v) is 11.1. The maximum absolute atomic E-state index is 12.8. The number of nitrogens with one attached hydrogen (secondary N) is 1. The smallest absolute Gasteiger partial charge is 0.261 e. The van der Waals surface area contributed by atoms with E-state index < -0.39 is 19.6 Å². The third kappa shape index (κ3) is 6.08. The predicted molar refractivity (Wildman–Crippen MR) is 115 cm³/mol. The normalized spacial score (nSPS) is 18.4. The molecule has 1 aromatic carbocycles. The van der Waals surface area contributed by atoms with Gasteiger partial charge in [0.2, 0.25) is 11.8 Å². The minimum atomic E-state index is -2.62. The number of carbonyl (C=O) groups is 2. The highest BCUT2D eigenvalue weighted by molar-refractivity contribution is 7.09. The Labute approximate surface area is 189 Å². The fourth-order valence-corrected chi connectivity index (χ4v) is 4.44. The average Bonchev–Trinajstić information content (AvgIpc) is 3.26. The zero-order valence-electron chi connectivity index (χ0n) is 17.6. The summed E-state index contributed by atoms with van der Waals surface area (Å²) in [5, 5.41) is 14.4. The van der Waals surface area contributed by atoms with Gasteiger partial charge in [-0.1, -0.05) is 12.1 Å². The van der Waals surface area contributed by atoms with Crippen LogP contribution in [0.5, 0.6) is 0 Å². The minimum absolute atomic E-state index is 0.168. The second-order valence-electron chi connectivity index (χ2n) is 7.52. The summed E-state index contributed by atoms with van der Waals surface area (Å²) in [4.78, 5) is 31.2. The number of nitrogens with zero attached hydrogens (tertiary/aromatic N) is 3. The number of amides is 2. The fourth-order valence-electron chi connectivity index (χ4n) is 3.70. The molecule has 0 radical (unpaired) electrons. The highest BCUT2D eigenvalue weighted by atomic mass is 32.1. The standard InChI is InChI=1S/C22H24F2N4O3S/c1-14-17(3-2-8-28(14)21(29)12-31-11-19(23)24)22(30)26-10-20-27-18(13-32-20)16-6-4-15(9-25)5-7-16/h4-7,13-14,17,19H,2-3,8,10-12H2,1H3,(H,26,30)/t14-,17-/m0/s1. The molecule has 2 heterocycles. The summed E-state index contributed by atoms with van der Waals surface area (Å²) in [5.41, 5.74) is 2.24. The van der Waals surface area contributed by atoms with Gasteiger partial charge in [0.05, 0.1) is 29.8 Å². The number of benzene rings is 1. The van der Waals surface area contributed by atoms with Gasteiger partial charge in [-0.05, 0) is 31.9 Å². The van der Waals surface area contributed by atoms with E-state index in [1.165, 1.54) is 16.2 Å². The van der Waals surface area contributed by atoms with Crippen molar-refractivity contribution in [1.29, 1.82) is 5.26 Å². The Balaban J connectivity index is 1.53. The van der Waals surface area contributed by atoms with Gasteiger partial charge in [-0.3, -0.25) is 9.59 Å². The summed E-state index contributed by atoms with van der Waals surface area (Å²) < 4.78 is 29.2. The topological polar surface area (TPSA) is 95.3 Å². The molecule has 1 fully saturated rings. The monoisotopic (exact) mass is 462 g/mol. The SMILES string of the molecule is C[C@H]1[C@@H](C(=O)NCc2nc(-c3ccc(C#N)cc3)cs2)CCCN1C(=O)COCC(F)F. The Morgan fingerprint density at radius 1 is 1.38 bits per heavy atom. The van der Waals surface area contributed by atoms with Crippen LogP contribution >= 0.6 is 11.3 Å². The lowest BCUT2D eigenvalue weighted by atomic mass is 9.89. The van der Waals surface area contributed by atoms with Crippen molar-refractivity contribution in [3.63, 3.8) is 0 Å². The molecule has 170 valence electrons. The lowest BCUT2D eigenvalue weighted by Gasteiger charge is -2.38. The van der Waals surface area contributed by atoms with Crippen LogP contribution in [0.25, 0.3) is 11.3 Å². The van der Waals surface area contributed by atoms with Gasteiger partial charge in [0.1, 0.15) is 18.2 Å². The van der Waals surface area contributed by atoms with Crippen molar-refractivity contribution in [2.75, 3.05) is 19.8 Å². The molecule has 32 heavy (non-hydrogen) atoms. The van der Waals surface area contributed by atoms with Crippen LogP contribution in [0, 0.1) is 17.2 Å². The number of thiazole rings is 1. The molecule has 2 atom stereocenters. The molecule has 0 bridgehead atoms. The molecule has 1 aliphatic rings. The van der Waals surface area contributed by atoms with Crippen LogP contribution in [0.4, 0.5) is 8.78 Å². The van der Waals surface area contributed by atoms with E-state index in [0.29, 0.717) is 24.9 Å². The van der Waals surface area contributed by atoms with Crippen LogP contribution in [0.3, 0.4) is 0 Å². The summed E-state index contributed by atoms with van der Waals surface area (Å²) >= 11 is 1.43. The summed E-state index contributed by atoms with van der Waals surface area (Å²) in [6, 6.07) is 8.84. The zero-order valence-corrected chi connectivity index (χ0v) is 18.4. The molecule has 0 saturated carbocycles. The van der Waals surface area contributed by atoms with Gasteiger partial charge in [-0.15, -0.1) is 11.3 Å². The van der Waals surface area contributed by atoms with E-state index in [2.05, 4.69) is 16.4 Å². The van der Waals surface area contributed by atoms with Crippen LogP contribution in [0.1, 0.15) is 30.3 Å². The van der Waals surface area contributed by atoms with Gasteiger partial charge in [-0.2, -0.15) is 5.26 Å². The van der Waals surface area contributed by atoms with Crippen LogP contribution in [-0.4, -0.2) is 53.9 Å². The number of hydrogen-bond donors (Lipinski definition) is 1. The van der Waals surface area contributed by atoms with Crippen molar-refractivity contribution in [2.45, 2.75) is 38.8 Å². The van der Waals surface area contributed by atoms with Crippen molar-refractivity contribution in [3.8, 4) is 17.3 Å². The van der Waals surface area contributed by atoms with E-state index in [9.17, 15) is 18.4 Å². The quantitative estimate of drug-likeness (QED) is 0.650. The summed E-state index contributed by atoms with van der Waals surface area (Å²) in [7, 11) is 0. The molecule has 10 heteroatoms. The molecule has 7 nitrogen and oxygen atoms in total. The predicted octanol–water partition coefficient (Wildman–Crippen LogP) is 3.21. The molecule has 2 aromatic rings. The molecule has 1 N–H and O–H groups in total. The molecular formula is C22H24F2N4O3S. The lowest BCUT2D eigenvalue weighted by molar-refractivity contribution is -0.144. The minimum Gasteiger partial charge on any atom is -0.366 e. The van der Waals surface area contributed by atoms with E-state index in [1.807, 2.05) is 17.5 Å². The van der Waals surface area contributed by atoms with E-state index in [-0.39, 0.29) is 30.3 Å². The molecule has 1 saturated heterocycles. The summed E-state index contributed by atoms with van der Waals surface area (Å²) in [6.45, 7) is 1.34. The van der Waals surface area contributed by atoms with E-state index >= 15 is 0 Å². The number of alkyl halides is 2. The van der Waals surface area contributed by atoms with Crippen molar-refractivity contribution >= 4 is 23.2 Å². The number of nitriles is 1. The number of carbonyl (C=O) groups excluding carboxylic acids is 2. The van der Waals surface area contributed by atoms with E-state index in [4.69, 9.17) is 10.00 Å². The highest BCUT2D eigenvalue weighted by Crippen LogP contribution is 2.25. The Kier molecular flexibility index (Phi) is 8.25. The maximum Gasteiger partial charge on any atom is 0.261 e. The summed E-state index contributed by atoms with van der Waals surface area (Å²) in [6.07, 6.45) is -1.32. The Morgan fingerprint density at radius 2 is 2.12 bits per heavy atom. The number of halogens is 2. The second-order valence-corrected chi connectivity index (χ2v) is 8.46. The molecule has 0 unspecified atom stereocenters. The van der Waals surface area contributed by atoms with Gasteiger partial charge >= 0.3 is 0 Å². The Morgan fingerprint density at radius 3 is 2.81 bits per heavy atom. The summed E-state index contributed by atoms with van der Waals surface area (Å²) in [5.74, 6) is -0.943. The molecule has 1 aromatic heterocycles. The van der Waals surface area contributed by atoms with Crippen molar-refractivity contribution in [1.82, 2.24) is 15.2 Å². The number of ether oxygens (including phenoxy) is 1. The maximum atomic E-state index is 12.8. The third-order valence-corrected chi connectivity index (χ3v) is 6.24. The van der Waals surface area contributed by atoms with Crippen molar-refractivity contribution < 1.29 is 23.1 Å². The third-order valence-electron chi connectivity index (χ3n) is 5.39. The number of likely N-dealkylation sites (tertiary alicyclic amines) is 1. The van der Waals surface area contributed by atoms with Crippen LogP contribution in [0.2, 0.25) is 0 Å². The van der Waals surface area contributed by atoms with Gasteiger partial charge in [0.25, 0.3) is 6.43 Å². The lowest BCUT2D eigenvalue weighted by Crippen LogP contribution is -2.52. The van der Waals surface area contributed by atoms with Crippen LogP contribution in [0.15, 0.2) is 29.6 Å². The number of aromatic nitrogens is 1. The van der Waals surface area contributed by atoms with Gasteiger partial charge < -0.3 is 15.0 Å².